The second-order valence-electron chi connectivity index (χ2n) is 3.43. The molecule has 0 heterocycles. The molecule has 0 radical (unpaired) electrons. The van der Waals surface area contributed by atoms with Crippen LogP contribution in [0.1, 0.15) is 12.5 Å². The van der Waals surface area contributed by atoms with Crippen molar-refractivity contribution >= 4 is 11.9 Å². The fraction of sp³-hybridized carbons (Fsp3) is 0.250. The molecule has 0 saturated carbocycles. The molecule has 0 N–H and O–H groups in total. The maximum atomic E-state index is 11.2. The molecule has 0 aliphatic carbocycles. The Bertz CT molecular complexity index is 491. The Labute approximate surface area is 104 Å². The van der Waals surface area contributed by atoms with E-state index in [-0.39, 0.29) is 0 Å². The van der Waals surface area contributed by atoms with Crippen LogP contribution in [0.2, 0.25) is 0 Å². The Morgan fingerprint density at radius 1 is 1.33 bits per heavy atom. The van der Waals surface area contributed by atoms with E-state index in [1.165, 1.54) is 20.3 Å². The van der Waals surface area contributed by atoms with Crippen LogP contribution in [0.5, 0.6) is 11.5 Å². The number of nitrogens with zero attached hydrogens (tertiary/aromatic N) is 1. The number of methoxy groups -OCH3 is 2. The number of benzene rings is 1. The molecule has 1 aromatic carbocycles. The van der Waals surface area contributed by atoms with E-state index in [0.717, 1.165) is 6.92 Å². The van der Waals surface area contributed by atoms with Crippen molar-refractivity contribution in [3.8, 4) is 11.5 Å². The molecule has 0 saturated heterocycles. The van der Waals surface area contributed by atoms with Gasteiger partial charge in [-0.1, -0.05) is 12.1 Å². The van der Waals surface area contributed by atoms with Gasteiger partial charge in [0.25, 0.3) is 0 Å². The summed E-state index contributed by atoms with van der Waals surface area (Å²) in [4.78, 5) is 21.2. The summed E-state index contributed by atoms with van der Waals surface area (Å²) in [6, 6.07) is 4.93. The quantitative estimate of drug-likeness (QED) is 0.453. The molecule has 18 heavy (non-hydrogen) atoms. The summed E-state index contributed by atoms with van der Waals surface area (Å²) in [5, 5.41) is 10.7. The van der Waals surface area contributed by atoms with E-state index >= 15 is 0 Å². The Kier molecular flexibility index (Phi) is 4.42. The highest BCUT2D eigenvalue weighted by Crippen LogP contribution is 2.32. The highest BCUT2D eigenvalue weighted by Gasteiger charge is 2.19. The molecule has 0 atom stereocenters. The molecular formula is C12H13NO5. The van der Waals surface area contributed by atoms with Gasteiger partial charge in [0, 0.05) is 18.6 Å². The summed E-state index contributed by atoms with van der Waals surface area (Å²) in [5.74, 6) is 0.169. The molecule has 0 bridgehead atoms. The molecule has 1 rings (SSSR count). The van der Waals surface area contributed by atoms with Crippen LogP contribution in [0.25, 0.3) is 6.08 Å². The first-order chi connectivity index (χ1) is 8.51. The zero-order chi connectivity index (χ0) is 13.7. The lowest BCUT2D eigenvalue weighted by Crippen LogP contribution is -2.07. The number of ether oxygens (including phenoxy) is 2. The zero-order valence-corrected chi connectivity index (χ0v) is 10.3. The molecule has 6 heteroatoms. The van der Waals surface area contributed by atoms with Gasteiger partial charge in [0.1, 0.15) is 0 Å². The molecule has 0 spiro atoms. The minimum atomic E-state index is -0.721. The molecule has 96 valence electrons. The lowest BCUT2D eigenvalue weighted by atomic mass is 10.1. The number of allylic oxidation sites excluding steroid dienone is 1. The zero-order valence-electron chi connectivity index (χ0n) is 10.3. The van der Waals surface area contributed by atoms with Crippen LogP contribution in [0.4, 0.5) is 0 Å². The van der Waals surface area contributed by atoms with Crippen molar-refractivity contribution < 1.29 is 19.2 Å². The molecule has 0 unspecified atom stereocenters. The number of rotatable bonds is 5. The van der Waals surface area contributed by atoms with Crippen molar-refractivity contribution in [2.75, 3.05) is 14.2 Å². The van der Waals surface area contributed by atoms with E-state index in [0.29, 0.717) is 17.1 Å². The van der Waals surface area contributed by atoms with Gasteiger partial charge in [0.15, 0.2) is 11.5 Å². The topological polar surface area (TPSA) is 78.7 Å². The number of carbonyl (C=O) groups is 1. The summed E-state index contributed by atoms with van der Waals surface area (Å²) in [5.41, 5.74) is -0.0831. The predicted octanol–water partition coefficient (Wildman–Crippen LogP) is 1.91. The maximum absolute atomic E-state index is 11.2. The van der Waals surface area contributed by atoms with Crippen LogP contribution in [-0.2, 0) is 4.79 Å². The molecule has 6 nitrogen and oxygen atoms in total. The van der Waals surface area contributed by atoms with Gasteiger partial charge >= 0.3 is 5.70 Å². The number of para-hydroxylation sites is 1. The van der Waals surface area contributed by atoms with Gasteiger partial charge in [-0.05, 0) is 6.07 Å². The summed E-state index contributed by atoms with van der Waals surface area (Å²) in [6.07, 6.45) is 1.17. The number of hydrogen-bond donors (Lipinski definition) is 0. The van der Waals surface area contributed by atoms with Crippen LogP contribution in [-0.4, -0.2) is 24.9 Å². The predicted molar refractivity (Wildman–Crippen MR) is 65.2 cm³/mol. The molecule has 0 aromatic heterocycles. The van der Waals surface area contributed by atoms with E-state index in [1.807, 2.05) is 0 Å². The summed E-state index contributed by atoms with van der Waals surface area (Å²) in [6.45, 7) is 1.14. The van der Waals surface area contributed by atoms with Crippen LogP contribution < -0.4 is 9.47 Å². The van der Waals surface area contributed by atoms with E-state index in [2.05, 4.69) is 0 Å². The second kappa shape index (κ2) is 5.81. The number of hydrogen-bond acceptors (Lipinski definition) is 5. The lowest BCUT2D eigenvalue weighted by molar-refractivity contribution is -0.417. The maximum Gasteiger partial charge on any atom is 0.312 e. The van der Waals surface area contributed by atoms with Gasteiger partial charge in [0.2, 0.25) is 5.78 Å². The Morgan fingerprint density at radius 2 is 2.00 bits per heavy atom. The fourth-order valence-corrected chi connectivity index (χ4v) is 1.46. The van der Waals surface area contributed by atoms with Gasteiger partial charge in [0.05, 0.1) is 19.1 Å². The third kappa shape index (κ3) is 2.85. The van der Waals surface area contributed by atoms with E-state index in [9.17, 15) is 14.9 Å². The minimum Gasteiger partial charge on any atom is -0.493 e. The van der Waals surface area contributed by atoms with Gasteiger partial charge in [-0.2, -0.15) is 0 Å². The third-order valence-electron chi connectivity index (χ3n) is 2.28. The first-order valence-electron chi connectivity index (χ1n) is 5.09. The second-order valence-corrected chi connectivity index (χ2v) is 3.43. The fourth-order valence-electron chi connectivity index (χ4n) is 1.46. The standard InChI is InChI=1S/C12H13NO5/c1-8(14)10(13(15)16)7-9-5-4-6-11(17-2)12(9)18-3/h4-7H,1-3H3. The monoisotopic (exact) mass is 251 g/mol. The Morgan fingerprint density at radius 3 is 2.44 bits per heavy atom. The van der Waals surface area contributed by atoms with Gasteiger partial charge in [-0.15, -0.1) is 0 Å². The molecular weight excluding hydrogens is 238 g/mol. The largest absolute Gasteiger partial charge is 0.493 e. The smallest absolute Gasteiger partial charge is 0.312 e. The average Bonchev–Trinajstić information content (AvgIpc) is 2.34. The van der Waals surface area contributed by atoms with Crippen LogP contribution in [0.3, 0.4) is 0 Å². The van der Waals surface area contributed by atoms with E-state index in [4.69, 9.17) is 9.47 Å². The van der Waals surface area contributed by atoms with E-state index < -0.39 is 16.4 Å². The van der Waals surface area contributed by atoms with Crippen LogP contribution in [0, 0.1) is 10.1 Å². The Hall–Kier alpha value is -2.37. The third-order valence-corrected chi connectivity index (χ3v) is 2.28. The molecule has 1 aromatic rings. The molecule has 0 fully saturated rings. The van der Waals surface area contributed by atoms with Gasteiger partial charge < -0.3 is 9.47 Å². The van der Waals surface area contributed by atoms with Crippen LogP contribution in [0.15, 0.2) is 23.9 Å². The first kappa shape index (κ1) is 13.7. The highest BCUT2D eigenvalue weighted by molar-refractivity contribution is 5.95. The van der Waals surface area contributed by atoms with Gasteiger partial charge in [-0.25, -0.2) is 0 Å². The van der Waals surface area contributed by atoms with Crippen molar-refractivity contribution in [2.24, 2.45) is 0 Å². The number of nitro groups is 1. The summed E-state index contributed by atoms with van der Waals surface area (Å²) < 4.78 is 10.2. The SMILES string of the molecule is COc1cccc(C=C(C(C)=O)[N+](=O)[O-])c1OC. The summed E-state index contributed by atoms with van der Waals surface area (Å²) in [7, 11) is 2.89. The molecule has 0 aliphatic heterocycles. The molecule has 0 aliphatic rings. The number of Topliss-reactive ketones (excluding diaryl/α,β-unsaturated/α-hetero) is 1. The number of carbonyl (C=O) groups excluding carboxylic acids is 1. The highest BCUT2D eigenvalue weighted by atomic mass is 16.6. The van der Waals surface area contributed by atoms with Crippen molar-refractivity contribution in [3.05, 3.63) is 39.6 Å². The number of ketones is 1. The molecule has 0 amide bonds. The van der Waals surface area contributed by atoms with Crippen molar-refractivity contribution in [2.45, 2.75) is 6.92 Å². The Balaban J connectivity index is 3.37. The van der Waals surface area contributed by atoms with Gasteiger partial charge in [-0.3, -0.25) is 14.9 Å². The summed E-state index contributed by atoms with van der Waals surface area (Å²) >= 11 is 0. The van der Waals surface area contributed by atoms with E-state index in [1.54, 1.807) is 18.2 Å². The minimum absolute atomic E-state index is 0.348. The lowest BCUT2D eigenvalue weighted by Gasteiger charge is -2.09. The normalized spacial score (nSPS) is 10.9. The van der Waals surface area contributed by atoms with Crippen molar-refractivity contribution in [3.63, 3.8) is 0 Å². The first-order valence-corrected chi connectivity index (χ1v) is 5.09. The average molecular weight is 251 g/mol. The van der Waals surface area contributed by atoms with Crippen molar-refractivity contribution in [1.29, 1.82) is 0 Å². The van der Waals surface area contributed by atoms with Crippen LogP contribution >= 0.6 is 0 Å². The van der Waals surface area contributed by atoms with Crippen molar-refractivity contribution in [1.82, 2.24) is 0 Å².